The number of fused-ring (bicyclic) bond motifs is 1. The molecular formula is C17H17N5O2S. The van der Waals surface area contributed by atoms with Crippen molar-refractivity contribution in [2.75, 3.05) is 18.8 Å². The lowest BCUT2D eigenvalue weighted by molar-refractivity contribution is -0.127. The summed E-state index contributed by atoms with van der Waals surface area (Å²) in [6.07, 6.45) is 3.51. The number of rotatable bonds is 4. The molecule has 0 unspecified atom stereocenters. The van der Waals surface area contributed by atoms with Crippen LogP contribution in [0.5, 0.6) is 0 Å². The summed E-state index contributed by atoms with van der Waals surface area (Å²) in [5.74, 6) is 0.407. The summed E-state index contributed by atoms with van der Waals surface area (Å²) in [6, 6.07) is 9.61. The lowest BCUT2D eigenvalue weighted by Gasteiger charge is -2.14. The van der Waals surface area contributed by atoms with Gasteiger partial charge in [0, 0.05) is 18.8 Å². The maximum Gasteiger partial charge on any atom is 0.278 e. The van der Waals surface area contributed by atoms with Crippen molar-refractivity contribution in [1.29, 1.82) is 0 Å². The Morgan fingerprint density at radius 2 is 1.96 bits per heavy atom. The van der Waals surface area contributed by atoms with Gasteiger partial charge in [-0.2, -0.15) is 0 Å². The number of nitrogens with zero attached hydrogens (tertiary/aromatic N) is 4. The number of aromatic amines is 1. The van der Waals surface area contributed by atoms with Gasteiger partial charge in [-0.05, 0) is 25.0 Å². The molecule has 25 heavy (non-hydrogen) atoms. The highest BCUT2D eigenvalue weighted by Gasteiger charge is 2.21. The fourth-order valence-electron chi connectivity index (χ4n) is 2.97. The number of H-pyrrole nitrogens is 1. The van der Waals surface area contributed by atoms with Gasteiger partial charge in [0.15, 0.2) is 16.3 Å². The number of carbonyl (C=O) groups is 1. The first kappa shape index (κ1) is 15.9. The van der Waals surface area contributed by atoms with Crippen LogP contribution < -0.4 is 5.56 Å². The van der Waals surface area contributed by atoms with Gasteiger partial charge in [-0.25, -0.2) is 9.97 Å². The molecule has 2 aromatic heterocycles. The Morgan fingerprint density at radius 3 is 2.72 bits per heavy atom. The van der Waals surface area contributed by atoms with Gasteiger partial charge < -0.3 is 9.88 Å². The van der Waals surface area contributed by atoms with Crippen molar-refractivity contribution in [3.63, 3.8) is 0 Å². The van der Waals surface area contributed by atoms with E-state index in [1.54, 1.807) is 0 Å². The number of carbonyl (C=O) groups excluding carboxylic acids is 1. The predicted octanol–water partition coefficient (Wildman–Crippen LogP) is 1.82. The topological polar surface area (TPSA) is 83.9 Å². The number of benzene rings is 1. The number of aromatic nitrogens is 4. The van der Waals surface area contributed by atoms with Gasteiger partial charge in [0.05, 0.1) is 12.1 Å². The Morgan fingerprint density at radius 1 is 1.20 bits per heavy atom. The summed E-state index contributed by atoms with van der Waals surface area (Å²) < 4.78 is 1.83. The molecule has 1 fully saturated rings. The number of likely N-dealkylation sites (tertiary alicyclic amines) is 1. The number of thioether (sulfide) groups is 1. The Balaban J connectivity index is 1.71. The monoisotopic (exact) mass is 355 g/mol. The zero-order valence-electron chi connectivity index (χ0n) is 13.5. The molecule has 1 aromatic carbocycles. The zero-order chi connectivity index (χ0) is 17.2. The standard InChI is InChI=1S/C17H17N5O2S/c23-13(21-8-4-5-9-21)10-25-17-20-14-15(18-11-19-16(14)24)22(17)12-6-2-1-3-7-12/h1-3,6-7,11H,4-5,8-10H2,(H,18,19,24). The smallest absolute Gasteiger partial charge is 0.278 e. The molecule has 0 bridgehead atoms. The van der Waals surface area contributed by atoms with Gasteiger partial charge in [-0.3, -0.25) is 14.2 Å². The summed E-state index contributed by atoms with van der Waals surface area (Å²) in [5.41, 5.74) is 1.35. The molecule has 8 heteroatoms. The van der Waals surface area contributed by atoms with E-state index in [9.17, 15) is 9.59 Å². The molecule has 128 valence electrons. The van der Waals surface area contributed by atoms with E-state index in [2.05, 4.69) is 15.0 Å². The van der Waals surface area contributed by atoms with Crippen molar-refractivity contribution in [2.45, 2.75) is 18.0 Å². The molecule has 1 aliphatic heterocycles. The third-order valence-electron chi connectivity index (χ3n) is 4.22. The zero-order valence-corrected chi connectivity index (χ0v) is 14.3. The summed E-state index contributed by atoms with van der Waals surface area (Å²) in [7, 11) is 0. The number of nitrogens with one attached hydrogen (secondary N) is 1. The van der Waals surface area contributed by atoms with E-state index >= 15 is 0 Å². The van der Waals surface area contributed by atoms with Gasteiger partial charge >= 0.3 is 0 Å². The van der Waals surface area contributed by atoms with Crippen LogP contribution in [0.4, 0.5) is 0 Å². The van der Waals surface area contributed by atoms with Gasteiger partial charge in [-0.1, -0.05) is 30.0 Å². The van der Waals surface area contributed by atoms with E-state index in [0.717, 1.165) is 31.6 Å². The second kappa shape index (κ2) is 6.72. The molecule has 4 rings (SSSR count). The Labute approximate surface area is 148 Å². The van der Waals surface area contributed by atoms with Crippen molar-refractivity contribution >= 4 is 28.8 Å². The SMILES string of the molecule is O=C(CSc1nc2c(=O)[nH]cnc2n1-c1ccccc1)N1CCCC1. The number of amides is 1. The number of para-hydroxylation sites is 1. The van der Waals surface area contributed by atoms with E-state index in [0.29, 0.717) is 16.6 Å². The van der Waals surface area contributed by atoms with E-state index in [1.807, 2.05) is 39.8 Å². The summed E-state index contributed by atoms with van der Waals surface area (Å²) in [5, 5.41) is 0.595. The first-order chi connectivity index (χ1) is 12.2. The molecular weight excluding hydrogens is 338 g/mol. The molecule has 1 saturated heterocycles. The third kappa shape index (κ3) is 3.05. The third-order valence-corrected chi connectivity index (χ3v) is 5.14. The molecule has 1 aliphatic rings. The van der Waals surface area contributed by atoms with Crippen molar-refractivity contribution in [2.24, 2.45) is 0 Å². The molecule has 0 atom stereocenters. The van der Waals surface area contributed by atoms with Crippen molar-refractivity contribution in [3.05, 3.63) is 47.0 Å². The van der Waals surface area contributed by atoms with Crippen LogP contribution >= 0.6 is 11.8 Å². The molecule has 1 amide bonds. The molecule has 0 radical (unpaired) electrons. The predicted molar refractivity (Wildman–Crippen MR) is 96.0 cm³/mol. The second-order valence-electron chi connectivity index (χ2n) is 5.85. The lowest BCUT2D eigenvalue weighted by atomic mass is 10.3. The normalized spacial score (nSPS) is 14.3. The first-order valence-electron chi connectivity index (χ1n) is 8.16. The molecule has 3 heterocycles. The average molecular weight is 355 g/mol. The second-order valence-corrected chi connectivity index (χ2v) is 6.79. The number of hydrogen-bond acceptors (Lipinski definition) is 5. The summed E-state index contributed by atoms with van der Waals surface area (Å²) >= 11 is 1.34. The van der Waals surface area contributed by atoms with E-state index in [-0.39, 0.29) is 17.0 Å². The van der Waals surface area contributed by atoms with Crippen LogP contribution in [0.15, 0.2) is 46.6 Å². The molecule has 3 aromatic rings. The van der Waals surface area contributed by atoms with Gasteiger partial charge in [-0.15, -0.1) is 0 Å². The van der Waals surface area contributed by atoms with Crippen molar-refractivity contribution in [3.8, 4) is 5.69 Å². The van der Waals surface area contributed by atoms with Crippen LogP contribution in [-0.4, -0.2) is 49.2 Å². The van der Waals surface area contributed by atoms with Gasteiger partial charge in [0.2, 0.25) is 5.91 Å². The maximum absolute atomic E-state index is 12.3. The van der Waals surface area contributed by atoms with Crippen LogP contribution in [0.25, 0.3) is 16.9 Å². The quantitative estimate of drug-likeness (QED) is 0.722. The molecule has 0 saturated carbocycles. The maximum atomic E-state index is 12.3. The minimum Gasteiger partial charge on any atom is -0.342 e. The Bertz CT molecular complexity index is 960. The summed E-state index contributed by atoms with van der Waals surface area (Å²) in [6.45, 7) is 1.66. The average Bonchev–Trinajstić information content (AvgIpc) is 3.29. The van der Waals surface area contributed by atoms with Crippen LogP contribution in [0.3, 0.4) is 0 Å². The molecule has 7 nitrogen and oxygen atoms in total. The van der Waals surface area contributed by atoms with E-state index < -0.39 is 0 Å². The van der Waals surface area contributed by atoms with Crippen LogP contribution in [0, 0.1) is 0 Å². The first-order valence-corrected chi connectivity index (χ1v) is 9.15. The molecule has 0 aliphatic carbocycles. The van der Waals surface area contributed by atoms with E-state index in [4.69, 9.17) is 0 Å². The molecule has 1 N–H and O–H groups in total. The summed E-state index contributed by atoms with van der Waals surface area (Å²) in [4.78, 5) is 37.5. The fourth-order valence-corrected chi connectivity index (χ4v) is 3.89. The molecule has 0 spiro atoms. The minimum atomic E-state index is -0.285. The minimum absolute atomic E-state index is 0.107. The van der Waals surface area contributed by atoms with Gasteiger partial charge in [0.1, 0.15) is 0 Å². The lowest BCUT2D eigenvalue weighted by Crippen LogP contribution is -2.29. The highest BCUT2D eigenvalue weighted by Crippen LogP contribution is 2.26. The largest absolute Gasteiger partial charge is 0.342 e. The van der Waals surface area contributed by atoms with Crippen LogP contribution in [0.2, 0.25) is 0 Å². The highest BCUT2D eigenvalue weighted by atomic mass is 32.2. The Kier molecular flexibility index (Phi) is 4.27. The highest BCUT2D eigenvalue weighted by molar-refractivity contribution is 7.99. The van der Waals surface area contributed by atoms with Crippen molar-refractivity contribution in [1.82, 2.24) is 24.4 Å². The van der Waals surface area contributed by atoms with Gasteiger partial charge in [0.25, 0.3) is 5.56 Å². The number of imidazole rings is 1. The van der Waals surface area contributed by atoms with Crippen LogP contribution in [-0.2, 0) is 4.79 Å². The fraction of sp³-hybridized carbons (Fsp3) is 0.294. The Hall–Kier alpha value is -2.61. The number of hydrogen-bond donors (Lipinski definition) is 1. The van der Waals surface area contributed by atoms with Crippen molar-refractivity contribution < 1.29 is 4.79 Å². The van der Waals surface area contributed by atoms with Crippen LogP contribution in [0.1, 0.15) is 12.8 Å². The van der Waals surface area contributed by atoms with E-state index in [1.165, 1.54) is 18.1 Å².